The summed E-state index contributed by atoms with van der Waals surface area (Å²) in [7, 11) is 0. The molecule has 2 bridgehead atoms. The fourth-order valence-corrected chi connectivity index (χ4v) is 6.81. The Balaban J connectivity index is 1.42. The van der Waals surface area contributed by atoms with Crippen LogP contribution in [0.15, 0.2) is 53.7 Å². The van der Waals surface area contributed by atoms with E-state index in [1.807, 2.05) is 35.2 Å². The molecular formula is C26H28F2N4OS. The average Bonchev–Trinajstić information content (AvgIpc) is 3.29. The maximum absolute atomic E-state index is 14.8. The second-order valence-corrected chi connectivity index (χ2v) is 11.6. The highest BCUT2D eigenvalue weighted by Crippen LogP contribution is 2.52. The van der Waals surface area contributed by atoms with Crippen molar-refractivity contribution in [2.24, 2.45) is 10.8 Å². The summed E-state index contributed by atoms with van der Waals surface area (Å²) in [5.74, 6) is -0.688. The Morgan fingerprint density at radius 3 is 2.59 bits per heavy atom. The van der Waals surface area contributed by atoms with Crippen molar-refractivity contribution in [2.45, 2.75) is 51.2 Å². The van der Waals surface area contributed by atoms with Gasteiger partial charge >= 0.3 is 0 Å². The highest BCUT2D eigenvalue weighted by Gasteiger charge is 2.50. The average molecular weight is 483 g/mol. The van der Waals surface area contributed by atoms with Crippen LogP contribution in [0.3, 0.4) is 0 Å². The molecule has 1 aliphatic heterocycles. The maximum Gasteiger partial charge on any atom is 0.233 e. The van der Waals surface area contributed by atoms with E-state index in [0.29, 0.717) is 11.0 Å². The van der Waals surface area contributed by atoms with Gasteiger partial charge in [-0.3, -0.25) is 9.36 Å². The third kappa shape index (κ3) is 4.35. The van der Waals surface area contributed by atoms with E-state index in [2.05, 4.69) is 31.0 Å². The number of thioether (sulfide) groups is 1. The van der Waals surface area contributed by atoms with Gasteiger partial charge in [-0.25, -0.2) is 8.78 Å². The van der Waals surface area contributed by atoms with Gasteiger partial charge in [-0.2, -0.15) is 0 Å². The number of likely N-dealkylation sites (tertiary alicyclic amines) is 1. The molecule has 1 aromatic heterocycles. The van der Waals surface area contributed by atoms with Crippen molar-refractivity contribution in [1.29, 1.82) is 0 Å². The highest BCUT2D eigenvalue weighted by atomic mass is 32.2. The molecule has 0 unspecified atom stereocenters. The number of halogens is 2. The first-order valence-electron chi connectivity index (χ1n) is 11.5. The predicted molar refractivity (Wildman–Crippen MR) is 129 cm³/mol. The molecule has 34 heavy (non-hydrogen) atoms. The third-order valence-electron chi connectivity index (χ3n) is 6.88. The fourth-order valence-electron chi connectivity index (χ4n) is 5.98. The lowest BCUT2D eigenvalue weighted by Crippen LogP contribution is -2.38. The van der Waals surface area contributed by atoms with Crippen molar-refractivity contribution in [2.75, 3.05) is 12.3 Å². The smallest absolute Gasteiger partial charge is 0.233 e. The van der Waals surface area contributed by atoms with Crippen molar-refractivity contribution in [3.05, 3.63) is 60.2 Å². The van der Waals surface area contributed by atoms with Gasteiger partial charge in [0.1, 0.15) is 11.6 Å². The van der Waals surface area contributed by atoms with Crippen LogP contribution in [0.25, 0.3) is 17.1 Å². The molecule has 2 heterocycles. The Morgan fingerprint density at radius 1 is 1.09 bits per heavy atom. The maximum atomic E-state index is 14.8. The lowest BCUT2D eigenvalue weighted by molar-refractivity contribution is -0.129. The Hall–Kier alpha value is -2.74. The van der Waals surface area contributed by atoms with Crippen LogP contribution in [0, 0.1) is 22.5 Å². The van der Waals surface area contributed by atoms with Crippen LogP contribution < -0.4 is 0 Å². The second kappa shape index (κ2) is 8.48. The van der Waals surface area contributed by atoms with Gasteiger partial charge in [-0.1, -0.05) is 62.9 Å². The van der Waals surface area contributed by atoms with Crippen LogP contribution in [0.1, 0.15) is 40.0 Å². The van der Waals surface area contributed by atoms with Crippen molar-refractivity contribution >= 4 is 17.7 Å². The van der Waals surface area contributed by atoms with Crippen LogP contribution in [0.2, 0.25) is 0 Å². The van der Waals surface area contributed by atoms with E-state index < -0.39 is 11.6 Å². The molecule has 2 aromatic carbocycles. The second-order valence-electron chi connectivity index (χ2n) is 10.6. The molecule has 2 atom stereocenters. The number of carbonyl (C=O) groups is 1. The summed E-state index contributed by atoms with van der Waals surface area (Å²) in [6.07, 6.45) is 3.17. The van der Waals surface area contributed by atoms with E-state index in [-0.39, 0.29) is 34.2 Å². The number of hydrogen-bond donors (Lipinski definition) is 0. The number of nitrogens with zero attached hydrogens (tertiary/aromatic N) is 4. The molecule has 2 aliphatic rings. The lowest BCUT2D eigenvalue weighted by Gasteiger charge is -2.39. The number of benzene rings is 2. The van der Waals surface area contributed by atoms with Crippen molar-refractivity contribution in [3.8, 4) is 17.1 Å². The van der Waals surface area contributed by atoms with Gasteiger partial charge in [0.15, 0.2) is 11.0 Å². The molecular weight excluding hydrogens is 454 g/mol. The third-order valence-corrected chi connectivity index (χ3v) is 7.79. The largest absolute Gasteiger partial charge is 0.338 e. The van der Waals surface area contributed by atoms with E-state index in [1.54, 1.807) is 4.57 Å². The molecule has 2 fully saturated rings. The van der Waals surface area contributed by atoms with Crippen LogP contribution in [-0.2, 0) is 4.79 Å². The molecule has 0 radical (unpaired) electrons. The molecule has 5 rings (SSSR count). The number of hydrogen-bond acceptors (Lipinski definition) is 4. The quantitative estimate of drug-likeness (QED) is 0.436. The minimum absolute atomic E-state index is 0.0619. The lowest BCUT2D eigenvalue weighted by atomic mass is 9.65. The molecule has 3 aromatic rings. The van der Waals surface area contributed by atoms with E-state index in [0.717, 1.165) is 37.4 Å². The monoisotopic (exact) mass is 482 g/mol. The summed E-state index contributed by atoms with van der Waals surface area (Å²) in [5.41, 5.74) is 1.28. The first kappa shape index (κ1) is 23.0. The summed E-state index contributed by atoms with van der Waals surface area (Å²) in [4.78, 5) is 15.3. The number of rotatable bonds is 5. The molecule has 1 saturated heterocycles. The Labute approximate surface area is 202 Å². The zero-order valence-corrected chi connectivity index (χ0v) is 20.4. The minimum Gasteiger partial charge on any atom is -0.338 e. The van der Waals surface area contributed by atoms with Gasteiger partial charge in [0.25, 0.3) is 0 Å². The Bertz CT molecular complexity index is 1230. The minimum atomic E-state index is -0.714. The topological polar surface area (TPSA) is 51.0 Å². The SMILES string of the molecule is CC1(C)C[C@H]2C[C@@](C)(CN2C(=O)CSc2nnc(-c3ccccc3)n2-c2ccc(F)cc2F)C1. The summed E-state index contributed by atoms with van der Waals surface area (Å²) in [6.45, 7) is 7.62. The Morgan fingerprint density at radius 2 is 1.85 bits per heavy atom. The number of carbonyl (C=O) groups excluding carboxylic acids is 1. The van der Waals surface area contributed by atoms with Crippen molar-refractivity contribution in [1.82, 2.24) is 19.7 Å². The number of amides is 1. The first-order valence-corrected chi connectivity index (χ1v) is 12.5. The number of fused-ring (bicyclic) bond motifs is 2. The van der Waals surface area contributed by atoms with E-state index >= 15 is 0 Å². The Kier molecular flexibility index (Phi) is 5.74. The van der Waals surface area contributed by atoms with Crippen molar-refractivity contribution < 1.29 is 13.6 Å². The highest BCUT2D eigenvalue weighted by molar-refractivity contribution is 7.99. The van der Waals surface area contributed by atoms with Gasteiger partial charge in [0.05, 0.1) is 11.4 Å². The first-order chi connectivity index (χ1) is 16.1. The summed E-state index contributed by atoms with van der Waals surface area (Å²) in [6, 6.07) is 13.0. The fraction of sp³-hybridized carbons (Fsp3) is 0.423. The molecule has 1 amide bonds. The van der Waals surface area contributed by atoms with Crippen LogP contribution in [0.5, 0.6) is 0 Å². The number of aromatic nitrogens is 3. The molecule has 0 spiro atoms. The van der Waals surface area contributed by atoms with Gasteiger partial charge in [0.2, 0.25) is 5.91 Å². The van der Waals surface area contributed by atoms with Gasteiger partial charge < -0.3 is 4.90 Å². The molecule has 178 valence electrons. The normalized spacial score (nSPS) is 23.3. The summed E-state index contributed by atoms with van der Waals surface area (Å²) >= 11 is 1.24. The van der Waals surface area contributed by atoms with E-state index in [1.165, 1.54) is 23.9 Å². The molecule has 1 aliphatic carbocycles. The summed E-state index contributed by atoms with van der Waals surface area (Å²) in [5, 5.41) is 8.97. The molecule has 0 N–H and O–H groups in total. The molecule has 5 nitrogen and oxygen atoms in total. The van der Waals surface area contributed by atoms with E-state index in [9.17, 15) is 13.6 Å². The molecule has 8 heteroatoms. The molecule has 1 saturated carbocycles. The summed E-state index contributed by atoms with van der Waals surface area (Å²) < 4.78 is 30.0. The van der Waals surface area contributed by atoms with Crippen molar-refractivity contribution in [3.63, 3.8) is 0 Å². The zero-order chi connectivity index (χ0) is 24.1. The predicted octanol–water partition coefficient (Wildman–Crippen LogP) is 5.73. The van der Waals surface area contributed by atoms with Crippen LogP contribution in [-0.4, -0.2) is 43.9 Å². The van der Waals surface area contributed by atoms with Crippen LogP contribution >= 0.6 is 11.8 Å². The van der Waals surface area contributed by atoms with Crippen LogP contribution in [0.4, 0.5) is 8.78 Å². The van der Waals surface area contributed by atoms with Gasteiger partial charge in [-0.15, -0.1) is 10.2 Å². The van der Waals surface area contributed by atoms with Gasteiger partial charge in [0, 0.05) is 24.2 Å². The van der Waals surface area contributed by atoms with E-state index in [4.69, 9.17) is 0 Å². The standard InChI is InChI=1S/C26H28F2N4OS/c1-25(2)12-19-13-26(3,15-25)16-31(19)22(33)14-34-24-30-29-23(17-7-5-4-6-8-17)32(24)21-10-9-18(27)11-20(21)28/h4-11,19H,12-16H2,1-3H3/t19-,26+/m0/s1. The zero-order valence-electron chi connectivity index (χ0n) is 19.6. The van der Waals surface area contributed by atoms with Gasteiger partial charge in [-0.05, 0) is 42.2 Å².